The van der Waals surface area contributed by atoms with Crippen LogP contribution in [0.15, 0.2) is 61.2 Å². The van der Waals surface area contributed by atoms with Crippen LogP contribution in [0.2, 0.25) is 5.02 Å². The summed E-state index contributed by atoms with van der Waals surface area (Å²) in [5, 5.41) is 8.19. The van der Waals surface area contributed by atoms with Crippen molar-refractivity contribution in [1.29, 1.82) is 0 Å². The third kappa shape index (κ3) is 5.39. The second-order valence-electron chi connectivity index (χ2n) is 9.17. The molecule has 2 heterocycles. The Morgan fingerprint density at radius 2 is 1.89 bits per heavy atom. The highest BCUT2D eigenvalue weighted by atomic mass is 35.5. The van der Waals surface area contributed by atoms with Crippen LogP contribution in [-0.2, 0) is 6.18 Å². The predicted octanol–water partition coefficient (Wildman–Crippen LogP) is 5.67. The lowest BCUT2D eigenvalue weighted by Gasteiger charge is -2.37. The monoisotopic (exact) mass is 528 g/mol. The zero-order valence-corrected chi connectivity index (χ0v) is 20.7. The number of hydrogen-bond donors (Lipinski definition) is 1. The molecule has 1 aliphatic carbocycles. The first-order valence-electron chi connectivity index (χ1n) is 11.9. The normalized spacial score (nSPS) is 18.1. The molecule has 7 nitrogen and oxygen atoms in total. The molecule has 1 amide bonds. The lowest BCUT2D eigenvalue weighted by Crippen LogP contribution is -2.43. The number of fused-ring (bicyclic) bond motifs is 1. The molecule has 2 aromatic carbocycles. The first-order valence-corrected chi connectivity index (χ1v) is 12.2. The molecule has 11 heteroatoms. The molecule has 5 rings (SSSR count). The number of nitrogens with one attached hydrogen (secondary N) is 1. The van der Waals surface area contributed by atoms with Crippen molar-refractivity contribution in [3.8, 4) is 5.69 Å². The average Bonchev–Trinajstić information content (AvgIpc) is 3.43. The van der Waals surface area contributed by atoms with E-state index in [2.05, 4.69) is 20.4 Å². The van der Waals surface area contributed by atoms with E-state index in [0.717, 1.165) is 11.8 Å². The van der Waals surface area contributed by atoms with Crippen molar-refractivity contribution in [3.05, 3.63) is 77.5 Å². The Balaban J connectivity index is 1.28. The molecule has 2 aromatic heterocycles. The highest BCUT2D eigenvalue weighted by Gasteiger charge is 2.35. The summed E-state index contributed by atoms with van der Waals surface area (Å²) >= 11 is 6.15. The summed E-state index contributed by atoms with van der Waals surface area (Å²) in [6.45, 7) is 0. The Bertz CT molecular complexity index is 1420. The Morgan fingerprint density at radius 3 is 2.59 bits per heavy atom. The van der Waals surface area contributed by atoms with Gasteiger partial charge in [0.15, 0.2) is 0 Å². The molecular weight excluding hydrogens is 505 g/mol. The van der Waals surface area contributed by atoms with Crippen molar-refractivity contribution >= 4 is 34.1 Å². The largest absolute Gasteiger partial charge is 0.433 e. The molecule has 0 spiro atoms. The Kier molecular flexibility index (Phi) is 6.76. The van der Waals surface area contributed by atoms with Crippen molar-refractivity contribution in [2.75, 3.05) is 11.9 Å². The van der Waals surface area contributed by atoms with Crippen LogP contribution in [-0.4, -0.2) is 44.8 Å². The molecule has 1 N–H and O–H groups in total. The second-order valence-corrected chi connectivity index (χ2v) is 9.60. The quantitative estimate of drug-likeness (QED) is 0.361. The third-order valence-corrected chi connectivity index (χ3v) is 7.03. The zero-order chi connectivity index (χ0) is 26.2. The van der Waals surface area contributed by atoms with E-state index in [9.17, 15) is 18.0 Å². The number of carbonyl (C=O) groups excluding carboxylic acids is 1. The van der Waals surface area contributed by atoms with Gasteiger partial charge in [0.2, 0.25) is 0 Å². The molecule has 1 saturated carbocycles. The molecule has 0 aliphatic heterocycles. The number of halogens is 4. The standard InChI is InChI=1S/C26H24ClF3N6O/c1-35(23-13-24(26(28,29)30)34-22-10-5-17(27)12-21(22)23)19-8-6-18(7-9-19)33-25(37)16-3-2-4-20(11-16)36-15-31-14-32-36/h2-5,10-15,18-19H,6-9H2,1H3,(H,33,37). The predicted molar refractivity (Wildman–Crippen MR) is 135 cm³/mol. The molecule has 37 heavy (non-hydrogen) atoms. The fourth-order valence-electron chi connectivity index (χ4n) is 4.82. The van der Waals surface area contributed by atoms with Crippen LogP contribution in [0.25, 0.3) is 16.6 Å². The molecule has 0 bridgehead atoms. The first kappa shape index (κ1) is 25.0. The van der Waals surface area contributed by atoms with Crippen LogP contribution in [0.4, 0.5) is 18.9 Å². The minimum Gasteiger partial charge on any atom is -0.371 e. The maximum Gasteiger partial charge on any atom is 0.433 e. The van der Waals surface area contributed by atoms with E-state index in [4.69, 9.17) is 11.6 Å². The van der Waals surface area contributed by atoms with Crippen molar-refractivity contribution in [2.45, 2.75) is 43.9 Å². The van der Waals surface area contributed by atoms with Crippen molar-refractivity contribution in [3.63, 3.8) is 0 Å². The van der Waals surface area contributed by atoms with E-state index in [1.54, 1.807) is 42.3 Å². The zero-order valence-electron chi connectivity index (χ0n) is 19.9. The minimum absolute atomic E-state index is 0.00876. The van der Waals surface area contributed by atoms with Gasteiger partial charge in [0.05, 0.1) is 11.2 Å². The van der Waals surface area contributed by atoms with Crippen molar-refractivity contribution < 1.29 is 18.0 Å². The van der Waals surface area contributed by atoms with Crippen LogP contribution in [0.5, 0.6) is 0 Å². The number of nitrogens with zero attached hydrogens (tertiary/aromatic N) is 5. The molecule has 0 saturated heterocycles. The number of aromatic nitrogens is 4. The summed E-state index contributed by atoms with van der Waals surface area (Å²) in [6.07, 6.45) is 1.27. The van der Waals surface area contributed by atoms with E-state index >= 15 is 0 Å². The van der Waals surface area contributed by atoms with E-state index < -0.39 is 11.9 Å². The van der Waals surface area contributed by atoms with Crippen LogP contribution in [0.3, 0.4) is 0 Å². The van der Waals surface area contributed by atoms with Gasteiger partial charge in [-0.3, -0.25) is 4.79 Å². The van der Waals surface area contributed by atoms with Crippen LogP contribution < -0.4 is 10.2 Å². The van der Waals surface area contributed by atoms with Crippen molar-refractivity contribution in [1.82, 2.24) is 25.1 Å². The minimum atomic E-state index is -4.56. The fraction of sp³-hybridized carbons (Fsp3) is 0.308. The number of pyridine rings is 1. The summed E-state index contributed by atoms with van der Waals surface area (Å²) in [6, 6.07) is 12.9. The topological polar surface area (TPSA) is 75.9 Å². The number of carbonyl (C=O) groups is 1. The lowest BCUT2D eigenvalue weighted by molar-refractivity contribution is -0.140. The SMILES string of the molecule is CN(c1cc(C(F)(F)F)nc2ccc(Cl)cc12)C1CCC(NC(=O)c2cccc(-n3cncn3)c2)CC1. The molecule has 0 unspecified atom stereocenters. The molecule has 0 atom stereocenters. The number of hydrogen-bond acceptors (Lipinski definition) is 5. The van der Waals surface area contributed by atoms with Gasteiger partial charge in [-0.25, -0.2) is 14.6 Å². The number of benzene rings is 2. The number of anilines is 1. The highest BCUT2D eigenvalue weighted by Crippen LogP contribution is 2.37. The van der Waals surface area contributed by atoms with Gasteiger partial charge in [-0.05, 0) is 68.1 Å². The van der Waals surface area contributed by atoms with Gasteiger partial charge in [0.25, 0.3) is 5.91 Å². The molecular formula is C26H24ClF3N6O. The summed E-state index contributed by atoms with van der Waals surface area (Å²) in [5.74, 6) is -0.177. The molecule has 1 aliphatic rings. The molecule has 1 fully saturated rings. The van der Waals surface area contributed by atoms with Gasteiger partial charge >= 0.3 is 6.18 Å². The summed E-state index contributed by atoms with van der Waals surface area (Å²) < 4.78 is 42.2. The Hall–Kier alpha value is -3.66. The van der Waals surface area contributed by atoms with Crippen LogP contribution in [0.1, 0.15) is 41.7 Å². The molecule has 4 aromatic rings. The van der Waals surface area contributed by atoms with Gasteiger partial charge in [0, 0.05) is 40.8 Å². The van der Waals surface area contributed by atoms with Gasteiger partial charge < -0.3 is 10.2 Å². The smallest absolute Gasteiger partial charge is 0.371 e. The van der Waals surface area contributed by atoms with E-state index in [1.165, 1.54) is 18.5 Å². The third-order valence-electron chi connectivity index (χ3n) is 6.79. The Morgan fingerprint density at radius 1 is 1.11 bits per heavy atom. The number of alkyl halides is 3. The first-order chi connectivity index (χ1) is 17.7. The van der Waals surface area contributed by atoms with E-state index in [1.807, 2.05) is 11.0 Å². The maximum atomic E-state index is 13.5. The van der Waals surface area contributed by atoms with Gasteiger partial charge in [-0.2, -0.15) is 18.3 Å². The fourth-order valence-corrected chi connectivity index (χ4v) is 4.99. The van der Waals surface area contributed by atoms with Gasteiger partial charge in [0.1, 0.15) is 18.3 Å². The second kappa shape index (κ2) is 10.0. The molecule has 192 valence electrons. The van der Waals surface area contributed by atoms with E-state index in [-0.39, 0.29) is 23.5 Å². The van der Waals surface area contributed by atoms with Crippen LogP contribution in [0, 0.1) is 0 Å². The molecule has 0 radical (unpaired) electrons. The van der Waals surface area contributed by atoms with Crippen LogP contribution >= 0.6 is 11.6 Å². The average molecular weight is 529 g/mol. The summed E-state index contributed by atoms with van der Waals surface area (Å²) in [7, 11) is 1.80. The number of rotatable bonds is 5. The number of amides is 1. The highest BCUT2D eigenvalue weighted by molar-refractivity contribution is 6.31. The Labute approximate surface area is 216 Å². The maximum absolute atomic E-state index is 13.5. The summed E-state index contributed by atoms with van der Waals surface area (Å²) in [5.41, 5.74) is 1.01. The lowest BCUT2D eigenvalue weighted by atomic mass is 9.89. The van der Waals surface area contributed by atoms with Gasteiger partial charge in [-0.15, -0.1) is 0 Å². The van der Waals surface area contributed by atoms with Crippen molar-refractivity contribution in [2.24, 2.45) is 0 Å². The summed E-state index contributed by atoms with van der Waals surface area (Å²) in [4.78, 5) is 22.5. The van der Waals surface area contributed by atoms with E-state index in [0.29, 0.717) is 47.3 Å². The van der Waals surface area contributed by atoms with Gasteiger partial charge in [-0.1, -0.05) is 17.7 Å².